The Hall–Kier alpha value is -2.38. The molecule has 0 saturated carbocycles. The number of nitrogens with one attached hydrogen (secondary N) is 1. The largest absolute Gasteiger partial charge is 0.462 e. The molecule has 0 spiro atoms. The minimum Gasteiger partial charge on any atom is -0.462 e. The van der Waals surface area contributed by atoms with Gasteiger partial charge in [0.15, 0.2) is 6.61 Å². The fourth-order valence-electron chi connectivity index (χ4n) is 3.07. The van der Waals surface area contributed by atoms with E-state index in [4.69, 9.17) is 21.1 Å². The molecule has 1 amide bonds. The molecule has 28 heavy (non-hydrogen) atoms. The molecule has 8 heteroatoms. The zero-order chi connectivity index (χ0) is 20.1. The van der Waals surface area contributed by atoms with Crippen LogP contribution in [-0.4, -0.2) is 31.1 Å². The van der Waals surface area contributed by atoms with Crippen molar-refractivity contribution in [2.45, 2.75) is 32.6 Å². The highest BCUT2D eigenvalue weighted by Gasteiger charge is 2.27. The molecule has 1 aliphatic rings. The first-order valence-electron chi connectivity index (χ1n) is 9.04. The third kappa shape index (κ3) is 4.54. The second-order valence-electron chi connectivity index (χ2n) is 6.24. The number of benzene rings is 1. The summed E-state index contributed by atoms with van der Waals surface area (Å²) in [4.78, 5) is 37.9. The molecular weight excluding hydrogens is 402 g/mol. The maximum Gasteiger partial charge on any atom is 0.341 e. The predicted octanol–water partition coefficient (Wildman–Crippen LogP) is 4.25. The van der Waals surface area contributed by atoms with Gasteiger partial charge in [-0.3, -0.25) is 4.79 Å². The number of amides is 1. The van der Waals surface area contributed by atoms with Gasteiger partial charge >= 0.3 is 11.9 Å². The summed E-state index contributed by atoms with van der Waals surface area (Å²) in [5.74, 6) is -1.65. The van der Waals surface area contributed by atoms with E-state index in [0.29, 0.717) is 10.6 Å². The summed E-state index contributed by atoms with van der Waals surface area (Å²) in [5, 5.41) is 3.40. The average molecular weight is 422 g/mol. The molecule has 0 atom stereocenters. The van der Waals surface area contributed by atoms with Crippen LogP contribution in [0, 0.1) is 0 Å². The number of ether oxygens (including phenoxy) is 2. The molecule has 1 aromatic heterocycles. The van der Waals surface area contributed by atoms with Crippen molar-refractivity contribution in [3.63, 3.8) is 0 Å². The van der Waals surface area contributed by atoms with Crippen LogP contribution < -0.4 is 5.32 Å². The molecule has 1 heterocycles. The quantitative estimate of drug-likeness (QED) is 0.705. The number of aryl methyl sites for hydroxylation is 1. The third-order valence-electron chi connectivity index (χ3n) is 4.33. The lowest BCUT2D eigenvalue weighted by molar-refractivity contribution is -0.119. The minimum absolute atomic E-state index is 0.191. The second kappa shape index (κ2) is 9.21. The van der Waals surface area contributed by atoms with Crippen LogP contribution >= 0.6 is 22.9 Å². The Kier molecular flexibility index (Phi) is 6.70. The predicted molar refractivity (Wildman–Crippen MR) is 107 cm³/mol. The highest BCUT2D eigenvalue weighted by Crippen LogP contribution is 2.38. The van der Waals surface area contributed by atoms with Crippen LogP contribution in [0.2, 0.25) is 5.02 Å². The van der Waals surface area contributed by atoms with Crippen molar-refractivity contribution >= 4 is 45.8 Å². The number of carbonyl (C=O) groups is 3. The van der Waals surface area contributed by atoms with Crippen LogP contribution in [0.15, 0.2) is 24.3 Å². The number of esters is 2. The van der Waals surface area contributed by atoms with E-state index in [0.717, 1.165) is 36.1 Å². The van der Waals surface area contributed by atoms with E-state index in [1.165, 1.54) is 17.4 Å². The number of anilines is 1. The van der Waals surface area contributed by atoms with Crippen LogP contribution in [-0.2, 0) is 27.1 Å². The van der Waals surface area contributed by atoms with E-state index in [9.17, 15) is 14.4 Å². The molecule has 0 radical (unpaired) electrons. The van der Waals surface area contributed by atoms with E-state index in [1.807, 2.05) is 0 Å². The lowest BCUT2D eigenvalue weighted by Crippen LogP contribution is -2.22. The highest BCUT2D eigenvalue weighted by atomic mass is 35.5. The molecule has 0 aliphatic heterocycles. The number of fused-ring (bicyclic) bond motifs is 1. The van der Waals surface area contributed by atoms with Crippen molar-refractivity contribution in [3.8, 4) is 0 Å². The van der Waals surface area contributed by atoms with Crippen LogP contribution in [0.4, 0.5) is 5.00 Å². The Labute approximate surface area is 171 Å². The SMILES string of the molecule is CCOC(=O)c1c(NC(=O)COC(=O)c2ccccc2Cl)sc2c1CCCC2. The standard InChI is InChI=1S/C20H20ClNO5S/c1-2-26-20(25)17-13-8-4-6-10-15(13)28-18(17)22-16(23)11-27-19(24)12-7-3-5-9-14(12)21/h3,5,7,9H,2,4,6,8,10-11H2,1H3,(H,22,23). The summed E-state index contributed by atoms with van der Waals surface area (Å²) in [6.45, 7) is 1.52. The number of thiophene rings is 1. The highest BCUT2D eigenvalue weighted by molar-refractivity contribution is 7.17. The van der Waals surface area contributed by atoms with Gasteiger partial charge in [-0.1, -0.05) is 23.7 Å². The van der Waals surface area contributed by atoms with E-state index >= 15 is 0 Å². The summed E-state index contributed by atoms with van der Waals surface area (Å²) in [7, 11) is 0. The van der Waals surface area contributed by atoms with E-state index in [-0.39, 0.29) is 17.2 Å². The third-order valence-corrected chi connectivity index (χ3v) is 5.87. The topological polar surface area (TPSA) is 81.7 Å². The number of carbonyl (C=O) groups excluding carboxylic acids is 3. The van der Waals surface area contributed by atoms with Crippen molar-refractivity contribution < 1.29 is 23.9 Å². The van der Waals surface area contributed by atoms with E-state index < -0.39 is 24.5 Å². The van der Waals surface area contributed by atoms with Gasteiger partial charge in [0.1, 0.15) is 5.00 Å². The Morgan fingerprint density at radius 1 is 1.11 bits per heavy atom. The summed E-state index contributed by atoms with van der Waals surface area (Å²) in [6, 6.07) is 6.44. The smallest absolute Gasteiger partial charge is 0.341 e. The first-order chi connectivity index (χ1) is 13.5. The Morgan fingerprint density at radius 3 is 2.61 bits per heavy atom. The summed E-state index contributed by atoms with van der Waals surface area (Å²) < 4.78 is 10.2. The monoisotopic (exact) mass is 421 g/mol. The number of halogens is 1. The fraction of sp³-hybridized carbons (Fsp3) is 0.350. The zero-order valence-corrected chi connectivity index (χ0v) is 17.0. The molecule has 2 aromatic rings. The zero-order valence-electron chi connectivity index (χ0n) is 15.4. The molecule has 0 unspecified atom stereocenters. The van der Waals surface area contributed by atoms with Crippen LogP contribution in [0.3, 0.4) is 0 Å². The number of rotatable bonds is 6. The molecule has 0 fully saturated rings. The Bertz CT molecular complexity index is 908. The number of hydrogen-bond acceptors (Lipinski definition) is 6. The van der Waals surface area contributed by atoms with Gasteiger partial charge in [-0.2, -0.15) is 0 Å². The van der Waals surface area contributed by atoms with Gasteiger partial charge in [-0.15, -0.1) is 11.3 Å². The van der Waals surface area contributed by atoms with Crippen molar-refractivity contribution in [2.75, 3.05) is 18.5 Å². The van der Waals surface area contributed by atoms with Crippen LogP contribution in [0.1, 0.15) is 50.9 Å². The normalized spacial score (nSPS) is 12.8. The molecule has 1 N–H and O–H groups in total. The molecular formula is C20H20ClNO5S. The fourth-order valence-corrected chi connectivity index (χ4v) is 4.58. The summed E-state index contributed by atoms with van der Waals surface area (Å²) >= 11 is 7.34. The Morgan fingerprint density at radius 2 is 1.86 bits per heavy atom. The molecule has 0 saturated heterocycles. The van der Waals surface area contributed by atoms with Gasteiger partial charge in [0.05, 0.1) is 22.8 Å². The van der Waals surface area contributed by atoms with Crippen molar-refractivity contribution in [1.82, 2.24) is 0 Å². The Balaban J connectivity index is 1.70. The van der Waals surface area contributed by atoms with Crippen molar-refractivity contribution in [3.05, 3.63) is 50.9 Å². The van der Waals surface area contributed by atoms with Crippen molar-refractivity contribution in [2.24, 2.45) is 0 Å². The maximum absolute atomic E-state index is 12.4. The van der Waals surface area contributed by atoms with Crippen molar-refractivity contribution in [1.29, 1.82) is 0 Å². The molecule has 1 aliphatic carbocycles. The molecule has 148 valence electrons. The van der Waals surface area contributed by atoms with E-state index in [1.54, 1.807) is 25.1 Å². The van der Waals surface area contributed by atoms with Gasteiger partial charge in [0.2, 0.25) is 0 Å². The molecule has 6 nitrogen and oxygen atoms in total. The number of hydrogen-bond donors (Lipinski definition) is 1. The summed E-state index contributed by atoms with van der Waals surface area (Å²) in [5.41, 5.74) is 1.57. The van der Waals surface area contributed by atoms with Gasteiger partial charge in [-0.05, 0) is 50.3 Å². The first kappa shape index (κ1) is 20.4. The molecule has 1 aromatic carbocycles. The molecule has 0 bridgehead atoms. The van der Waals surface area contributed by atoms with Gasteiger partial charge in [0, 0.05) is 4.88 Å². The lowest BCUT2D eigenvalue weighted by atomic mass is 9.95. The molecule has 3 rings (SSSR count). The van der Waals surface area contributed by atoms with Gasteiger partial charge in [-0.25, -0.2) is 9.59 Å². The minimum atomic E-state index is -0.683. The maximum atomic E-state index is 12.4. The average Bonchev–Trinajstić information content (AvgIpc) is 3.04. The second-order valence-corrected chi connectivity index (χ2v) is 7.75. The van der Waals surface area contributed by atoms with Gasteiger partial charge < -0.3 is 14.8 Å². The van der Waals surface area contributed by atoms with E-state index in [2.05, 4.69) is 5.32 Å². The van der Waals surface area contributed by atoms with Crippen LogP contribution in [0.5, 0.6) is 0 Å². The van der Waals surface area contributed by atoms with Gasteiger partial charge in [0.25, 0.3) is 5.91 Å². The summed E-state index contributed by atoms with van der Waals surface area (Å²) in [6.07, 6.45) is 3.72. The first-order valence-corrected chi connectivity index (χ1v) is 10.2. The van der Waals surface area contributed by atoms with Crippen LogP contribution in [0.25, 0.3) is 0 Å². The lowest BCUT2D eigenvalue weighted by Gasteiger charge is -2.12.